The lowest BCUT2D eigenvalue weighted by Gasteiger charge is -2.15. The summed E-state index contributed by atoms with van der Waals surface area (Å²) < 4.78 is 1.97. The Morgan fingerprint density at radius 2 is 2.00 bits per heavy atom. The zero-order chi connectivity index (χ0) is 16.8. The summed E-state index contributed by atoms with van der Waals surface area (Å²) in [6.45, 7) is 4.99. The van der Waals surface area contributed by atoms with E-state index in [2.05, 4.69) is 15.6 Å². The maximum absolute atomic E-state index is 11.9. The second-order valence-electron chi connectivity index (χ2n) is 5.12. The van der Waals surface area contributed by atoms with Crippen molar-refractivity contribution in [3.8, 4) is 0 Å². The predicted molar refractivity (Wildman–Crippen MR) is 85.1 cm³/mol. The number of hydrogen-bond acceptors (Lipinski definition) is 3. The molecule has 1 aromatic heterocycles. The fourth-order valence-electron chi connectivity index (χ4n) is 2.23. The van der Waals surface area contributed by atoms with E-state index < -0.39 is 5.97 Å². The van der Waals surface area contributed by atoms with Gasteiger partial charge in [-0.05, 0) is 31.5 Å². The fourth-order valence-corrected chi connectivity index (χ4v) is 2.23. The van der Waals surface area contributed by atoms with Crippen LogP contribution in [0.3, 0.4) is 0 Å². The number of rotatable bonds is 6. The number of carbonyl (C=O) groups excluding carboxylic acids is 1. The van der Waals surface area contributed by atoms with Crippen LogP contribution >= 0.6 is 0 Å². The Labute approximate surface area is 134 Å². The van der Waals surface area contributed by atoms with Crippen LogP contribution in [0, 0.1) is 0 Å². The first-order valence-electron chi connectivity index (χ1n) is 7.39. The molecule has 122 valence electrons. The molecule has 7 heteroatoms. The molecule has 0 spiro atoms. The summed E-state index contributed by atoms with van der Waals surface area (Å²) in [5.74, 6) is -0.170. The highest BCUT2D eigenvalue weighted by atomic mass is 16.4. The molecule has 3 N–H and O–H groups in total. The number of nitrogens with zero attached hydrogens (tertiary/aromatic N) is 2. The van der Waals surface area contributed by atoms with Crippen LogP contribution in [0.25, 0.3) is 0 Å². The van der Waals surface area contributed by atoms with Gasteiger partial charge in [0.25, 0.3) is 0 Å². The average Bonchev–Trinajstić information content (AvgIpc) is 3.02. The molecule has 7 nitrogen and oxygen atoms in total. The Hall–Kier alpha value is -2.83. The zero-order valence-corrected chi connectivity index (χ0v) is 13.1. The number of urea groups is 1. The quantitative estimate of drug-likeness (QED) is 0.761. The van der Waals surface area contributed by atoms with Gasteiger partial charge in [-0.25, -0.2) is 14.6 Å². The van der Waals surface area contributed by atoms with Crippen molar-refractivity contribution in [1.29, 1.82) is 0 Å². The van der Waals surface area contributed by atoms with Crippen molar-refractivity contribution >= 4 is 12.0 Å². The molecule has 0 saturated carbocycles. The van der Waals surface area contributed by atoms with Crippen LogP contribution in [-0.2, 0) is 13.1 Å². The normalized spacial score (nSPS) is 11.7. The first-order chi connectivity index (χ1) is 11.0. The third-order valence-corrected chi connectivity index (χ3v) is 3.48. The van der Waals surface area contributed by atoms with Gasteiger partial charge >= 0.3 is 12.0 Å². The van der Waals surface area contributed by atoms with E-state index in [9.17, 15) is 9.59 Å². The van der Waals surface area contributed by atoms with Crippen molar-refractivity contribution in [2.24, 2.45) is 0 Å². The number of aromatic nitrogens is 2. The van der Waals surface area contributed by atoms with Crippen molar-refractivity contribution < 1.29 is 14.7 Å². The number of amides is 2. The van der Waals surface area contributed by atoms with Crippen LogP contribution in [0.2, 0.25) is 0 Å². The minimum absolute atomic E-state index is 0.209. The molecule has 1 unspecified atom stereocenters. The lowest BCUT2D eigenvalue weighted by molar-refractivity contribution is 0.0697. The molecule has 0 fully saturated rings. The van der Waals surface area contributed by atoms with E-state index >= 15 is 0 Å². The number of benzene rings is 1. The van der Waals surface area contributed by atoms with Gasteiger partial charge in [-0.1, -0.05) is 12.1 Å². The molecule has 0 radical (unpaired) electrons. The lowest BCUT2D eigenvalue weighted by Crippen LogP contribution is -2.37. The highest BCUT2D eigenvalue weighted by Gasteiger charge is 2.13. The van der Waals surface area contributed by atoms with Crippen LogP contribution in [0.5, 0.6) is 0 Å². The van der Waals surface area contributed by atoms with Crippen LogP contribution in [-0.4, -0.2) is 26.7 Å². The van der Waals surface area contributed by atoms with E-state index in [-0.39, 0.29) is 17.6 Å². The van der Waals surface area contributed by atoms with Crippen molar-refractivity contribution in [3.05, 3.63) is 53.6 Å². The van der Waals surface area contributed by atoms with E-state index in [1.807, 2.05) is 24.6 Å². The highest BCUT2D eigenvalue weighted by molar-refractivity contribution is 5.87. The van der Waals surface area contributed by atoms with Crippen molar-refractivity contribution in [3.63, 3.8) is 0 Å². The molecule has 2 rings (SSSR count). The second-order valence-corrected chi connectivity index (χ2v) is 5.12. The van der Waals surface area contributed by atoms with Crippen LogP contribution in [0.4, 0.5) is 4.79 Å². The van der Waals surface area contributed by atoms with Gasteiger partial charge in [-0.2, -0.15) is 0 Å². The first kappa shape index (κ1) is 16.5. The third kappa shape index (κ3) is 4.32. The molecule has 2 amide bonds. The Morgan fingerprint density at radius 3 is 2.61 bits per heavy atom. The SMILES string of the molecule is CCn1ccnc1C(C)NC(=O)NCc1ccc(C(=O)O)cc1. The summed E-state index contributed by atoms with van der Waals surface area (Å²) in [4.78, 5) is 27.0. The van der Waals surface area contributed by atoms with Gasteiger partial charge in [0.15, 0.2) is 0 Å². The Morgan fingerprint density at radius 1 is 1.30 bits per heavy atom. The molecule has 1 atom stereocenters. The predicted octanol–water partition coefficient (Wildman–Crippen LogP) is 2.16. The summed E-state index contributed by atoms with van der Waals surface area (Å²) in [5.41, 5.74) is 1.05. The van der Waals surface area contributed by atoms with Gasteiger partial charge in [0.1, 0.15) is 5.82 Å². The van der Waals surface area contributed by atoms with Crippen molar-refractivity contribution in [1.82, 2.24) is 20.2 Å². The first-order valence-corrected chi connectivity index (χ1v) is 7.39. The largest absolute Gasteiger partial charge is 0.478 e. The molecule has 2 aromatic rings. The second kappa shape index (κ2) is 7.44. The number of aromatic carboxylic acids is 1. The number of carbonyl (C=O) groups is 2. The molecular weight excluding hydrogens is 296 g/mol. The van der Waals surface area contributed by atoms with E-state index in [0.29, 0.717) is 6.54 Å². The average molecular weight is 316 g/mol. The van der Waals surface area contributed by atoms with Crippen molar-refractivity contribution in [2.75, 3.05) is 0 Å². The number of carboxylic acids is 1. The molecule has 23 heavy (non-hydrogen) atoms. The summed E-state index contributed by atoms with van der Waals surface area (Å²) in [5, 5.41) is 14.4. The zero-order valence-electron chi connectivity index (χ0n) is 13.1. The smallest absolute Gasteiger partial charge is 0.335 e. The molecule has 0 aliphatic heterocycles. The van der Waals surface area contributed by atoms with E-state index in [0.717, 1.165) is 17.9 Å². The highest BCUT2D eigenvalue weighted by Crippen LogP contribution is 2.10. The van der Waals surface area contributed by atoms with Gasteiger partial charge < -0.3 is 20.3 Å². The summed E-state index contributed by atoms with van der Waals surface area (Å²) >= 11 is 0. The minimum atomic E-state index is -0.970. The van der Waals surface area contributed by atoms with Gasteiger partial charge in [-0.15, -0.1) is 0 Å². The number of carboxylic acid groups (broad SMARTS) is 1. The summed E-state index contributed by atoms with van der Waals surface area (Å²) in [6.07, 6.45) is 3.58. The van der Waals surface area contributed by atoms with Crippen LogP contribution in [0.1, 0.15) is 41.6 Å². The standard InChI is InChI=1S/C16H20N4O3/c1-3-20-9-8-17-14(20)11(2)19-16(23)18-10-12-4-6-13(7-5-12)15(21)22/h4-9,11H,3,10H2,1-2H3,(H,21,22)(H2,18,19,23). The third-order valence-electron chi connectivity index (χ3n) is 3.48. The molecular formula is C16H20N4O3. The number of aryl methyl sites for hydroxylation is 1. The van der Waals surface area contributed by atoms with Gasteiger partial charge in [0.05, 0.1) is 11.6 Å². The molecule has 0 aliphatic carbocycles. The minimum Gasteiger partial charge on any atom is -0.478 e. The van der Waals surface area contributed by atoms with Gasteiger partial charge in [0.2, 0.25) is 0 Å². The number of hydrogen-bond donors (Lipinski definition) is 3. The summed E-state index contributed by atoms with van der Waals surface area (Å²) in [7, 11) is 0. The Bertz CT molecular complexity index is 679. The van der Waals surface area contributed by atoms with Crippen LogP contribution < -0.4 is 10.6 Å². The van der Waals surface area contributed by atoms with Crippen molar-refractivity contribution in [2.45, 2.75) is 33.0 Å². The molecule has 0 bridgehead atoms. The summed E-state index contributed by atoms with van der Waals surface area (Å²) in [6, 6.07) is 5.87. The van der Waals surface area contributed by atoms with E-state index in [1.54, 1.807) is 18.3 Å². The fraction of sp³-hybridized carbons (Fsp3) is 0.312. The van der Waals surface area contributed by atoms with Crippen LogP contribution in [0.15, 0.2) is 36.7 Å². The Kier molecular flexibility index (Phi) is 5.35. The molecule has 0 aliphatic rings. The van der Waals surface area contributed by atoms with E-state index in [4.69, 9.17) is 5.11 Å². The maximum Gasteiger partial charge on any atom is 0.335 e. The molecule has 0 saturated heterocycles. The topological polar surface area (TPSA) is 96.3 Å². The Balaban J connectivity index is 1.86. The number of nitrogens with one attached hydrogen (secondary N) is 2. The van der Waals surface area contributed by atoms with E-state index in [1.165, 1.54) is 12.1 Å². The maximum atomic E-state index is 11.9. The molecule has 1 heterocycles. The monoisotopic (exact) mass is 316 g/mol. The number of imidazole rings is 1. The lowest BCUT2D eigenvalue weighted by atomic mass is 10.1. The van der Waals surface area contributed by atoms with Gasteiger partial charge in [-0.3, -0.25) is 0 Å². The molecule has 1 aromatic carbocycles. The van der Waals surface area contributed by atoms with Gasteiger partial charge in [0, 0.05) is 25.5 Å².